The smallest absolute Gasteiger partial charge is 0.138 e. The summed E-state index contributed by atoms with van der Waals surface area (Å²) in [5.74, 6) is 2.88. The molecule has 0 fully saturated rings. The van der Waals surface area contributed by atoms with E-state index >= 15 is 0 Å². The van der Waals surface area contributed by atoms with Crippen molar-refractivity contribution >= 4 is 11.6 Å². The van der Waals surface area contributed by atoms with Gasteiger partial charge in [0.15, 0.2) is 0 Å². The maximum absolute atomic E-state index is 6.14. The highest BCUT2D eigenvalue weighted by molar-refractivity contribution is 6.18. The third-order valence-electron chi connectivity index (χ3n) is 3.50. The molecule has 5 heteroatoms. The summed E-state index contributed by atoms with van der Waals surface area (Å²) >= 11 is 6.14. The number of hydrogen-bond donors (Lipinski definition) is 0. The molecule has 2 aromatic rings. The largest absolute Gasteiger partial charge is 0.497 e. The Morgan fingerprint density at radius 1 is 1.24 bits per heavy atom. The summed E-state index contributed by atoms with van der Waals surface area (Å²) in [4.78, 5) is 4.36. The fraction of sp³-hybridized carbons (Fsp3) is 0.500. The van der Waals surface area contributed by atoms with Crippen LogP contribution in [0.4, 0.5) is 0 Å². The third-order valence-corrected chi connectivity index (χ3v) is 3.94. The van der Waals surface area contributed by atoms with Gasteiger partial charge in [0, 0.05) is 18.8 Å². The van der Waals surface area contributed by atoms with Gasteiger partial charge in [-0.05, 0) is 36.5 Å². The molecule has 2 rings (SSSR count). The molecule has 1 aromatic carbocycles. The quantitative estimate of drug-likeness (QED) is 0.702. The zero-order chi connectivity index (χ0) is 15.1. The summed E-state index contributed by atoms with van der Waals surface area (Å²) in [5.41, 5.74) is 1.27. The molecule has 0 radical (unpaired) electrons. The second-order valence-electron chi connectivity index (χ2n) is 5.18. The minimum absolute atomic E-state index is 0.361. The molecule has 0 aliphatic heterocycles. The van der Waals surface area contributed by atoms with Crippen molar-refractivity contribution in [2.24, 2.45) is 5.92 Å². The molecule has 0 N–H and O–H groups in total. The average Bonchev–Trinajstić information content (AvgIpc) is 2.95. The Morgan fingerprint density at radius 3 is 2.62 bits per heavy atom. The normalized spacial score (nSPS) is 12.3. The molecule has 1 aromatic heterocycles. The van der Waals surface area contributed by atoms with E-state index in [2.05, 4.69) is 29.1 Å². The topological polar surface area (TPSA) is 39.9 Å². The van der Waals surface area contributed by atoms with Crippen molar-refractivity contribution in [3.05, 3.63) is 42.0 Å². The molecular formula is C16H22ClN3O. The van der Waals surface area contributed by atoms with Crippen LogP contribution in [0.1, 0.15) is 24.7 Å². The minimum Gasteiger partial charge on any atom is -0.497 e. The molecule has 0 spiro atoms. The Kier molecular flexibility index (Phi) is 6.05. The van der Waals surface area contributed by atoms with Gasteiger partial charge in [0.05, 0.1) is 7.11 Å². The maximum Gasteiger partial charge on any atom is 0.138 e. The van der Waals surface area contributed by atoms with Gasteiger partial charge in [-0.15, -0.1) is 11.6 Å². The van der Waals surface area contributed by atoms with Gasteiger partial charge in [0.2, 0.25) is 0 Å². The molecule has 0 aliphatic rings. The lowest BCUT2D eigenvalue weighted by atomic mass is 9.97. The third kappa shape index (κ3) is 4.46. The number of alkyl halides is 1. The monoisotopic (exact) mass is 307 g/mol. The molecule has 1 heterocycles. The standard InChI is InChI=1S/C16H22ClN3O/c1-3-8-20-16(18-12-19-20)10-14(11-17)9-13-4-6-15(21-2)7-5-13/h4-7,12,14H,3,8-11H2,1-2H3. The first kappa shape index (κ1) is 15.8. The summed E-state index contributed by atoms with van der Waals surface area (Å²) in [6.07, 6.45) is 4.48. The number of methoxy groups -OCH3 is 1. The van der Waals surface area contributed by atoms with Gasteiger partial charge in [0.1, 0.15) is 17.9 Å². The van der Waals surface area contributed by atoms with Crippen LogP contribution in [0.5, 0.6) is 5.75 Å². The van der Waals surface area contributed by atoms with E-state index < -0.39 is 0 Å². The van der Waals surface area contributed by atoms with Crippen molar-refractivity contribution in [1.82, 2.24) is 14.8 Å². The number of halogens is 1. The Balaban J connectivity index is 2.00. The highest BCUT2D eigenvalue weighted by atomic mass is 35.5. The van der Waals surface area contributed by atoms with Crippen molar-refractivity contribution in [2.45, 2.75) is 32.7 Å². The SMILES string of the molecule is CCCn1ncnc1CC(CCl)Cc1ccc(OC)cc1. The fourth-order valence-corrected chi connectivity index (χ4v) is 2.60. The molecule has 114 valence electrons. The Morgan fingerprint density at radius 2 is 2.00 bits per heavy atom. The van der Waals surface area contributed by atoms with Gasteiger partial charge in [-0.2, -0.15) is 5.10 Å². The van der Waals surface area contributed by atoms with Gasteiger partial charge in [0.25, 0.3) is 0 Å². The summed E-state index contributed by atoms with van der Waals surface area (Å²) in [6.45, 7) is 3.05. The van der Waals surface area contributed by atoms with Crippen LogP contribution in [0.15, 0.2) is 30.6 Å². The van der Waals surface area contributed by atoms with E-state index in [0.717, 1.165) is 37.4 Å². The van der Waals surface area contributed by atoms with Crippen molar-refractivity contribution in [2.75, 3.05) is 13.0 Å². The number of rotatable bonds is 8. The lowest BCUT2D eigenvalue weighted by molar-refractivity contribution is 0.414. The number of ether oxygens (including phenoxy) is 1. The van der Waals surface area contributed by atoms with Crippen LogP contribution in [0.2, 0.25) is 0 Å². The minimum atomic E-state index is 0.361. The van der Waals surface area contributed by atoms with Crippen LogP contribution in [-0.4, -0.2) is 27.8 Å². The van der Waals surface area contributed by atoms with E-state index in [4.69, 9.17) is 16.3 Å². The number of nitrogens with zero attached hydrogens (tertiary/aromatic N) is 3. The molecule has 0 saturated carbocycles. The molecule has 1 atom stereocenters. The first-order valence-electron chi connectivity index (χ1n) is 7.32. The lowest BCUT2D eigenvalue weighted by Gasteiger charge is -2.14. The van der Waals surface area contributed by atoms with Crippen molar-refractivity contribution in [3.63, 3.8) is 0 Å². The molecule has 0 amide bonds. The van der Waals surface area contributed by atoms with Crippen LogP contribution in [0.3, 0.4) is 0 Å². The Hall–Kier alpha value is -1.55. The lowest BCUT2D eigenvalue weighted by Crippen LogP contribution is -2.15. The van der Waals surface area contributed by atoms with Gasteiger partial charge in [-0.1, -0.05) is 19.1 Å². The van der Waals surface area contributed by atoms with E-state index in [-0.39, 0.29) is 0 Å². The van der Waals surface area contributed by atoms with Crippen molar-refractivity contribution in [1.29, 1.82) is 0 Å². The second-order valence-corrected chi connectivity index (χ2v) is 5.48. The zero-order valence-corrected chi connectivity index (χ0v) is 13.4. The average molecular weight is 308 g/mol. The molecule has 1 unspecified atom stereocenters. The van der Waals surface area contributed by atoms with Crippen LogP contribution < -0.4 is 4.74 Å². The molecule has 0 saturated heterocycles. The predicted molar refractivity (Wildman–Crippen MR) is 84.9 cm³/mol. The second kappa shape index (κ2) is 8.03. The maximum atomic E-state index is 6.14. The Bertz CT molecular complexity index is 539. The molecule has 4 nitrogen and oxygen atoms in total. The molecule has 0 aliphatic carbocycles. The van der Waals surface area contributed by atoms with Crippen LogP contribution in [0, 0.1) is 5.92 Å². The number of hydrogen-bond acceptors (Lipinski definition) is 3. The first-order chi connectivity index (χ1) is 10.3. The summed E-state index contributed by atoms with van der Waals surface area (Å²) in [6, 6.07) is 8.16. The van der Waals surface area contributed by atoms with E-state index in [1.807, 2.05) is 16.8 Å². The number of benzene rings is 1. The van der Waals surface area contributed by atoms with E-state index in [9.17, 15) is 0 Å². The highest BCUT2D eigenvalue weighted by Crippen LogP contribution is 2.18. The van der Waals surface area contributed by atoms with E-state index in [1.165, 1.54) is 5.56 Å². The van der Waals surface area contributed by atoms with Crippen molar-refractivity contribution in [3.8, 4) is 5.75 Å². The fourth-order valence-electron chi connectivity index (χ4n) is 2.38. The number of aryl methyl sites for hydroxylation is 1. The van der Waals surface area contributed by atoms with Gasteiger partial charge >= 0.3 is 0 Å². The molecular weight excluding hydrogens is 286 g/mol. The van der Waals surface area contributed by atoms with E-state index in [1.54, 1.807) is 13.4 Å². The summed E-state index contributed by atoms with van der Waals surface area (Å²) in [5, 5.41) is 4.27. The summed E-state index contributed by atoms with van der Waals surface area (Å²) < 4.78 is 7.16. The van der Waals surface area contributed by atoms with Gasteiger partial charge < -0.3 is 4.74 Å². The molecule has 0 bridgehead atoms. The Labute approximate surface area is 131 Å². The van der Waals surface area contributed by atoms with Crippen LogP contribution in [-0.2, 0) is 19.4 Å². The van der Waals surface area contributed by atoms with E-state index in [0.29, 0.717) is 11.8 Å². The molecule has 21 heavy (non-hydrogen) atoms. The van der Waals surface area contributed by atoms with Gasteiger partial charge in [-0.3, -0.25) is 4.68 Å². The summed E-state index contributed by atoms with van der Waals surface area (Å²) in [7, 11) is 1.68. The zero-order valence-electron chi connectivity index (χ0n) is 12.6. The van der Waals surface area contributed by atoms with Crippen LogP contribution >= 0.6 is 11.6 Å². The number of aromatic nitrogens is 3. The highest BCUT2D eigenvalue weighted by Gasteiger charge is 2.14. The first-order valence-corrected chi connectivity index (χ1v) is 7.85. The predicted octanol–water partition coefficient (Wildman–Crippen LogP) is 3.34. The van der Waals surface area contributed by atoms with Crippen LogP contribution in [0.25, 0.3) is 0 Å². The van der Waals surface area contributed by atoms with Crippen molar-refractivity contribution < 1.29 is 4.74 Å². The van der Waals surface area contributed by atoms with Gasteiger partial charge in [-0.25, -0.2) is 4.98 Å².